The standard InChI is InChI=1S/C7H12O/c1-3-5-7(8)6-4-2/h1,7-8H,4-6H2,2H3/t7-/m1/s1. The lowest BCUT2D eigenvalue weighted by Gasteiger charge is -2.01. The molecule has 1 atom stereocenters. The third-order valence-electron chi connectivity index (χ3n) is 0.975. The maximum atomic E-state index is 8.91. The van der Waals surface area contributed by atoms with Crippen LogP contribution < -0.4 is 0 Å². The molecule has 1 N–H and O–H groups in total. The van der Waals surface area contributed by atoms with Crippen molar-refractivity contribution in [1.82, 2.24) is 0 Å². The van der Waals surface area contributed by atoms with Crippen molar-refractivity contribution in [2.75, 3.05) is 0 Å². The first-order chi connectivity index (χ1) is 3.81. The lowest BCUT2D eigenvalue weighted by Crippen LogP contribution is -2.02. The van der Waals surface area contributed by atoms with Crippen LogP contribution in [0.2, 0.25) is 0 Å². The minimum absolute atomic E-state index is 0.273. The third-order valence-corrected chi connectivity index (χ3v) is 0.975. The van der Waals surface area contributed by atoms with Gasteiger partial charge >= 0.3 is 0 Å². The summed E-state index contributed by atoms with van der Waals surface area (Å²) in [6, 6.07) is 0. The van der Waals surface area contributed by atoms with Gasteiger partial charge in [-0.2, -0.15) is 0 Å². The van der Waals surface area contributed by atoms with Gasteiger partial charge in [0.05, 0.1) is 6.10 Å². The Bertz CT molecular complexity index is 80.9. The number of terminal acetylenes is 1. The molecule has 1 heteroatoms. The summed E-state index contributed by atoms with van der Waals surface area (Å²) in [6.45, 7) is 2.03. The smallest absolute Gasteiger partial charge is 0.0649 e. The van der Waals surface area contributed by atoms with Crippen molar-refractivity contribution in [2.24, 2.45) is 0 Å². The van der Waals surface area contributed by atoms with Crippen LogP contribution in [0.1, 0.15) is 26.2 Å². The zero-order chi connectivity index (χ0) is 6.41. The lowest BCUT2D eigenvalue weighted by molar-refractivity contribution is 0.169. The Hall–Kier alpha value is -0.480. The molecule has 0 spiro atoms. The van der Waals surface area contributed by atoms with Crippen molar-refractivity contribution in [3.05, 3.63) is 0 Å². The lowest BCUT2D eigenvalue weighted by atomic mass is 10.1. The van der Waals surface area contributed by atoms with Crippen molar-refractivity contribution in [2.45, 2.75) is 32.3 Å². The molecule has 0 aromatic rings. The molecule has 0 aliphatic carbocycles. The normalized spacial score (nSPS) is 12.6. The minimum Gasteiger partial charge on any atom is -0.392 e. The van der Waals surface area contributed by atoms with Crippen molar-refractivity contribution in [3.8, 4) is 12.3 Å². The van der Waals surface area contributed by atoms with E-state index in [9.17, 15) is 0 Å². The van der Waals surface area contributed by atoms with Gasteiger partial charge in [0.1, 0.15) is 0 Å². The van der Waals surface area contributed by atoms with Crippen LogP contribution in [0.25, 0.3) is 0 Å². The van der Waals surface area contributed by atoms with Crippen LogP contribution in [-0.4, -0.2) is 11.2 Å². The van der Waals surface area contributed by atoms with Crippen LogP contribution in [0, 0.1) is 12.3 Å². The third kappa shape index (κ3) is 3.70. The first kappa shape index (κ1) is 7.52. The number of rotatable bonds is 3. The molecule has 0 radical (unpaired) electrons. The van der Waals surface area contributed by atoms with Gasteiger partial charge in [0.15, 0.2) is 0 Å². The van der Waals surface area contributed by atoms with Crippen molar-refractivity contribution in [3.63, 3.8) is 0 Å². The van der Waals surface area contributed by atoms with Gasteiger partial charge in [0, 0.05) is 6.42 Å². The number of hydrogen-bond donors (Lipinski definition) is 1. The zero-order valence-electron chi connectivity index (χ0n) is 5.22. The molecule has 0 saturated heterocycles. The summed E-state index contributed by atoms with van der Waals surface area (Å²) in [5.41, 5.74) is 0. The van der Waals surface area contributed by atoms with Crippen LogP contribution in [0.15, 0.2) is 0 Å². The first-order valence-corrected chi connectivity index (χ1v) is 2.92. The Morgan fingerprint density at radius 1 is 1.75 bits per heavy atom. The minimum atomic E-state index is -0.273. The molecule has 0 amide bonds. The van der Waals surface area contributed by atoms with Gasteiger partial charge in [-0.25, -0.2) is 0 Å². The van der Waals surface area contributed by atoms with Crippen LogP contribution in [0.5, 0.6) is 0 Å². The van der Waals surface area contributed by atoms with Crippen LogP contribution in [-0.2, 0) is 0 Å². The maximum Gasteiger partial charge on any atom is 0.0649 e. The summed E-state index contributed by atoms with van der Waals surface area (Å²) in [5, 5.41) is 8.91. The molecule has 46 valence electrons. The van der Waals surface area contributed by atoms with Gasteiger partial charge in [-0.3, -0.25) is 0 Å². The predicted molar refractivity (Wildman–Crippen MR) is 34.4 cm³/mol. The zero-order valence-corrected chi connectivity index (χ0v) is 5.22. The van der Waals surface area contributed by atoms with Crippen LogP contribution >= 0.6 is 0 Å². The summed E-state index contributed by atoms with van der Waals surface area (Å²) < 4.78 is 0. The van der Waals surface area contributed by atoms with Crippen molar-refractivity contribution >= 4 is 0 Å². The molecule has 0 heterocycles. The van der Waals surface area contributed by atoms with E-state index in [0.717, 1.165) is 12.8 Å². The molecule has 0 saturated carbocycles. The van der Waals surface area contributed by atoms with E-state index < -0.39 is 0 Å². The average molecular weight is 112 g/mol. The number of aliphatic hydroxyl groups is 1. The molecule has 0 aromatic carbocycles. The molecule has 0 aliphatic heterocycles. The van der Waals surface area contributed by atoms with Gasteiger partial charge in [0.2, 0.25) is 0 Å². The van der Waals surface area contributed by atoms with E-state index in [-0.39, 0.29) is 6.10 Å². The highest BCUT2D eigenvalue weighted by atomic mass is 16.3. The van der Waals surface area contributed by atoms with Gasteiger partial charge in [-0.1, -0.05) is 13.3 Å². The van der Waals surface area contributed by atoms with Crippen LogP contribution in [0.3, 0.4) is 0 Å². The van der Waals surface area contributed by atoms with Gasteiger partial charge < -0.3 is 5.11 Å². The molecule has 8 heavy (non-hydrogen) atoms. The monoisotopic (exact) mass is 112 g/mol. The Morgan fingerprint density at radius 3 is 2.75 bits per heavy atom. The molecular formula is C7H12O. The van der Waals surface area contributed by atoms with E-state index in [4.69, 9.17) is 11.5 Å². The molecule has 0 rings (SSSR count). The van der Waals surface area contributed by atoms with Crippen molar-refractivity contribution < 1.29 is 5.11 Å². The van der Waals surface area contributed by atoms with Crippen LogP contribution in [0.4, 0.5) is 0 Å². The van der Waals surface area contributed by atoms with E-state index in [1.165, 1.54) is 0 Å². The SMILES string of the molecule is C#CC[C@@H](O)CCC. The van der Waals surface area contributed by atoms with E-state index >= 15 is 0 Å². The fourth-order valence-electron chi connectivity index (χ4n) is 0.571. The molecule has 0 aromatic heterocycles. The number of hydrogen-bond acceptors (Lipinski definition) is 1. The average Bonchev–Trinajstić information content (AvgIpc) is 1.68. The highest BCUT2D eigenvalue weighted by molar-refractivity contribution is 4.86. The van der Waals surface area contributed by atoms with E-state index in [1.54, 1.807) is 0 Å². The largest absolute Gasteiger partial charge is 0.392 e. The Kier molecular flexibility index (Phi) is 4.39. The molecular weight excluding hydrogens is 100 g/mol. The van der Waals surface area contributed by atoms with Crippen molar-refractivity contribution in [1.29, 1.82) is 0 Å². The second-order valence-corrected chi connectivity index (χ2v) is 1.85. The Morgan fingerprint density at radius 2 is 2.38 bits per heavy atom. The highest BCUT2D eigenvalue weighted by Gasteiger charge is 1.96. The predicted octanol–water partition coefficient (Wildman–Crippen LogP) is 1.17. The Balaban J connectivity index is 3.08. The summed E-state index contributed by atoms with van der Waals surface area (Å²) in [6.07, 6.45) is 7.00. The maximum absolute atomic E-state index is 8.91. The Labute approximate surface area is 50.7 Å². The van der Waals surface area contributed by atoms with E-state index in [1.807, 2.05) is 6.92 Å². The fraction of sp³-hybridized carbons (Fsp3) is 0.714. The second-order valence-electron chi connectivity index (χ2n) is 1.85. The summed E-state index contributed by atoms with van der Waals surface area (Å²) in [5.74, 6) is 2.40. The first-order valence-electron chi connectivity index (χ1n) is 2.92. The molecule has 0 unspecified atom stereocenters. The quantitative estimate of drug-likeness (QED) is 0.543. The molecule has 0 aliphatic rings. The van der Waals surface area contributed by atoms with E-state index in [0.29, 0.717) is 6.42 Å². The second kappa shape index (κ2) is 4.67. The topological polar surface area (TPSA) is 20.2 Å². The molecule has 0 fully saturated rings. The fourth-order valence-corrected chi connectivity index (χ4v) is 0.571. The highest BCUT2D eigenvalue weighted by Crippen LogP contribution is 1.98. The summed E-state index contributed by atoms with van der Waals surface area (Å²) >= 11 is 0. The molecule has 1 nitrogen and oxygen atoms in total. The van der Waals surface area contributed by atoms with E-state index in [2.05, 4.69) is 5.92 Å². The molecule has 0 bridgehead atoms. The summed E-state index contributed by atoms with van der Waals surface area (Å²) in [4.78, 5) is 0. The van der Waals surface area contributed by atoms with Gasteiger partial charge in [0.25, 0.3) is 0 Å². The summed E-state index contributed by atoms with van der Waals surface area (Å²) in [7, 11) is 0. The van der Waals surface area contributed by atoms with Gasteiger partial charge in [-0.15, -0.1) is 12.3 Å². The van der Waals surface area contributed by atoms with Gasteiger partial charge in [-0.05, 0) is 6.42 Å². The number of aliphatic hydroxyl groups excluding tert-OH is 1.